The van der Waals surface area contributed by atoms with Gasteiger partial charge in [-0.25, -0.2) is 0 Å². The van der Waals surface area contributed by atoms with E-state index in [0.29, 0.717) is 0 Å². The Hall–Kier alpha value is -0.0800. The number of hydrogen-bond donors (Lipinski definition) is 2. The molecule has 1 atom stereocenters. The third kappa shape index (κ3) is 45.0. The van der Waals surface area contributed by atoms with Crippen LogP contribution in [0.1, 0.15) is 112 Å². The molecule has 0 aliphatic heterocycles. The van der Waals surface area contributed by atoms with Gasteiger partial charge in [0.1, 0.15) is 0 Å². The maximum Gasteiger partial charge on any atom is 0.0742 e. The van der Waals surface area contributed by atoms with Crippen molar-refractivity contribution in [2.24, 2.45) is 0 Å². The van der Waals surface area contributed by atoms with Crippen molar-refractivity contribution in [1.82, 2.24) is 0 Å². The molecule has 0 radical (unpaired) electrons. The van der Waals surface area contributed by atoms with Crippen LogP contribution in [0.3, 0.4) is 0 Å². The van der Waals surface area contributed by atoms with Gasteiger partial charge in [0.2, 0.25) is 0 Å². The van der Waals surface area contributed by atoms with Gasteiger partial charge in [-0.1, -0.05) is 105 Å². The van der Waals surface area contributed by atoms with E-state index in [1.165, 1.54) is 84.0 Å². The first-order valence-corrected chi connectivity index (χ1v) is 9.39. The molecule has 0 aliphatic carbocycles. The molecule has 21 heavy (non-hydrogen) atoms. The van der Waals surface area contributed by atoms with Crippen molar-refractivity contribution in [1.29, 1.82) is 0 Å². The molecule has 0 fully saturated rings. The zero-order valence-electron chi connectivity index (χ0n) is 15.7. The molecular formula is C19H44O2. The predicted molar refractivity (Wildman–Crippen MR) is 96.9 cm³/mol. The summed E-state index contributed by atoms with van der Waals surface area (Å²) >= 11 is 0. The summed E-state index contributed by atoms with van der Waals surface area (Å²) in [5.74, 6) is 0. The lowest BCUT2D eigenvalue weighted by Gasteiger charge is -1.93. The van der Waals surface area contributed by atoms with Crippen LogP contribution in [0.15, 0.2) is 0 Å². The zero-order valence-corrected chi connectivity index (χ0v) is 15.7. The van der Waals surface area contributed by atoms with Gasteiger partial charge >= 0.3 is 0 Å². The summed E-state index contributed by atoms with van der Waals surface area (Å²) in [4.78, 5) is 0. The monoisotopic (exact) mass is 304 g/mol. The molecule has 2 N–H and O–H groups in total. The highest BCUT2D eigenvalue weighted by Gasteiger charge is 1.84. The molecule has 0 amide bonds. The largest absolute Gasteiger partial charge is 0.394 e. The summed E-state index contributed by atoms with van der Waals surface area (Å²) in [7, 11) is 0. The number of unbranched alkanes of at least 4 members (excludes halogenated alkanes) is 10. The van der Waals surface area contributed by atoms with Gasteiger partial charge < -0.3 is 10.2 Å². The summed E-state index contributed by atoms with van der Waals surface area (Å²) in [5, 5.41) is 16.0. The lowest BCUT2D eigenvalue weighted by atomic mass is 10.1. The average molecular weight is 305 g/mol. The van der Waals surface area contributed by atoms with Crippen LogP contribution in [0.4, 0.5) is 0 Å². The fraction of sp³-hybridized carbons (Fsp3) is 1.00. The van der Waals surface area contributed by atoms with E-state index in [1.54, 1.807) is 0 Å². The minimum Gasteiger partial charge on any atom is -0.394 e. The fourth-order valence-electron chi connectivity index (χ4n) is 1.71. The Morgan fingerprint density at radius 3 is 0.857 bits per heavy atom. The Labute approximate surface area is 135 Å². The van der Waals surface area contributed by atoms with E-state index < -0.39 is 6.10 Å². The Balaban J connectivity index is -0.000000239. The number of rotatable bonds is 11. The molecule has 0 aromatic rings. The topological polar surface area (TPSA) is 40.5 Å². The first kappa shape index (κ1) is 25.9. The molecule has 0 aromatic carbocycles. The zero-order chi connectivity index (χ0) is 16.8. The van der Waals surface area contributed by atoms with Crippen LogP contribution in [0.25, 0.3) is 0 Å². The number of hydrogen-bond acceptors (Lipinski definition) is 2. The first-order valence-electron chi connectivity index (χ1n) is 9.39. The molecule has 0 rings (SSSR count). The molecule has 0 heterocycles. The summed E-state index contributed by atoms with van der Waals surface area (Å²) in [5.41, 5.74) is 0. The molecule has 0 saturated carbocycles. The fourth-order valence-corrected chi connectivity index (χ4v) is 1.71. The predicted octanol–water partition coefficient (Wildman–Crippen LogP) is 6.09. The van der Waals surface area contributed by atoms with Crippen molar-refractivity contribution in [2.45, 2.75) is 118 Å². The second kappa shape index (κ2) is 28.1. The quantitative estimate of drug-likeness (QED) is 0.453. The Kier molecular flexibility index (Phi) is 34.6. The standard InChI is InChI=1S/2C8H18.C3H8O2/c2*1-3-5-7-8-6-4-2;1-3(5)2-4/h2*3-8H2,1-2H3;3-5H,2H2,1H3. The van der Waals surface area contributed by atoms with Crippen LogP contribution in [-0.2, 0) is 0 Å². The van der Waals surface area contributed by atoms with E-state index >= 15 is 0 Å². The third-order valence-corrected chi connectivity index (χ3v) is 3.18. The van der Waals surface area contributed by atoms with Crippen LogP contribution in [0.5, 0.6) is 0 Å². The molecule has 2 nitrogen and oxygen atoms in total. The summed E-state index contributed by atoms with van der Waals surface area (Å²) < 4.78 is 0. The van der Waals surface area contributed by atoms with Crippen LogP contribution in [-0.4, -0.2) is 22.9 Å². The lowest BCUT2D eigenvalue weighted by Crippen LogP contribution is -2.03. The van der Waals surface area contributed by atoms with Crippen molar-refractivity contribution in [2.75, 3.05) is 6.61 Å². The van der Waals surface area contributed by atoms with Gasteiger partial charge in [0.25, 0.3) is 0 Å². The number of aliphatic hydroxyl groups is 2. The smallest absolute Gasteiger partial charge is 0.0742 e. The van der Waals surface area contributed by atoms with Gasteiger partial charge in [0, 0.05) is 0 Å². The van der Waals surface area contributed by atoms with Crippen molar-refractivity contribution < 1.29 is 10.2 Å². The summed E-state index contributed by atoms with van der Waals surface area (Å²) in [6.07, 6.45) is 16.4. The normalized spacial score (nSPS) is 11.0. The van der Waals surface area contributed by atoms with Crippen molar-refractivity contribution in [3.8, 4) is 0 Å². The van der Waals surface area contributed by atoms with Gasteiger partial charge in [-0.2, -0.15) is 0 Å². The SMILES string of the molecule is CC(O)CO.CCCCCCCC.CCCCCCCC. The van der Waals surface area contributed by atoms with E-state index in [9.17, 15) is 0 Å². The molecule has 0 aromatic heterocycles. The molecule has 0 spiro atoms. The molecule has 132 valence electrons. The highest BCUT2D eigenvalue weighted by molar-refractivity contribution is 4.39. The second-order valence-corrected chi connectivity index (χ2v) is 5.86. The van der Waals surface area contributed by atoms with Crippen molar-refractivity contribution >= 4 is 0 Å². The highest BCUT2D eigenvalue weighted by atomic mass is 16.3. The van der Waals surface area contributed by atoms with Crippen LogP contribution in [0, 0.1) is 0 Å². The van der Waals surface area contributed by atoms with Crippen molar-refractivity contribution in [3.63, 3.8) is 0 Å². The molecule has 0 aliphatic rings. The van der Waals surface area contributed by atoms with E-state index in [2.05, 4.69) is 27.7 Å². The van der Waals surface area contributed by atoms with E-state index in [0.717, 1.165) is 0 Å². The number of aliphatic hydroxyl groups excluding tert-OH is 2. The summed E-state index contributed by atoms with van der Waals surface area (Å²) in [6, 6.07) is 0. The average Bonchev–Trinajstić information content (AvgIpc) is 2.49. The molecule has 2 heteroatoms. The van der Waals surface area contributed by atoms with Gasteiger partial charge in [-0.15, -0.1) is 0 Å². The second-order valence-electron chi connectivity index (χ2n) is 5.86. The van der Waals surface area contributed by atoms with Gasteiger partial charge in [0.05, 0.1) is 12.7 Å². The van der Waals surface area contributed by atoms with Crippen LogP contribution >= 0.6 is 0 Å². The van der Waals surface area contributed by atoms with E-state index in [4.69, 9.17) is 10.2 Å². The highest BCUT2D eigenvalue weighted by Crippen LogP contribution is 2.04. The molecule has 1 unspecified atom stereocenters. The first-order chi connectivity index (χ1) is 10.1. The molecule has 0 saturated heterocycles. The minimum absolute atomic E-state index is 0.139. The van der Waals surface area contributed by atoms with E-state index in [1.807, 2.05) is 0 Å². The Morgan fingerprint density at radius 1 is 0.571 bits per heavy atom. The van der Waals surface area contributed by atoms with Crippen LogP contribution < -0.4 is 0 Å². The molecule has 0 bridgehead atoms. The third-order valence-electron chi connectivity index (χ3n) is 3.18. The van der Waals surface area contributed by atoms with E-state index in [-0.39, 0.29) is 6.61 Å². The lowest BCUT2D eigenvalue weighted by molar-refractivity contribution is 0.110. The molecular weight excluding hydrogens is 260 g/mol. The summed E-state index contributed by atoms with van der Waals surface area (Å²) in [6.45, 7) is 10.4. The Bertz CT molecular complexity index is 112. The Morgan fingerprint density at radius 2 is 0.762 bits per heavy atom. The van der Waals surface area contributed by atoms with Crippen molar-refractivity contribution in [3.05, 3.63) is 0 Å². The van der Waals surface area contributed by atoms with Gasteiger partial charge in [0.15, 0.2) is 0 Å². The van der Waals surface area contributed by atoms with Crippen LogP contribution in [0.2, 0.25) is 0 Å². The van der Waals surface area contributed by atoms with Gasteiger partial charge in [-0.3, -0.25) is 0 Å². The van der Waals surface area contributed by atoms with Gasteiger partial charge in [-0.05, 0) is 6.92 Å². The minimum atomic E-state index is -0.560. The maximum atomic E-state index is 8.11. The maximum absolute atomic E-state index is 8.11.